The Morgan fingerprint density at radius 1 is 1.35 bits per heavy atom. The Bertz CT molecular complexity index is 389. The summed E-state index contributed by atoms with van der Waals surface area (Å²) in [6.07, 6.45) is 2.39. The second-order valence-corrected chi connectivity index (χ2v) is 5.09. The predicted octanol–water partition coefficient (Wildman–Crippen LogP) is 3.63. The highest BCUT2D eigenvalue weighted by molar-refractivity contribution is 5.30. The van der Waals surface area contributed by atoms with Gasteiger partial charge in [0.1, 0.15) is 5.82 Å². The van der Waals surface area contributed by atoms with Crippen molar-refractivity contribution in [3.63, 3.8) is 0 Å². The molecular formula is C15H22FN. The molecule has 0 saturated heterocycles. The van der Waals surface area contributed by atoms with E-state index in [4.69, 9.17) is 0 Å². The van der Waals surface area contributed by atoms with Gasteiger partial charge < -0.3 is 5.32 Å². The van der Waals surface area contributed by atoms with E-state index in [1.165, 1.54) is 18.4 Å². The molecule has 1 aliphatic rings. The van der Waals surface area contributed by atoms with E-state index in [2.05, 4.69) is 19.2 Å². The van der Waals surface area contributed by atoms with Gasteiger partial charge in [0, 0.05) is 6.04 Å². The average molecular weight is 235 g/mol. The van der Waals surface area contributed by atoms with Crippen molar-refractivity contribution < 1.29 is 4.39 Å². The Morgan fingerprint density at radius 3 is 2.71 bits per heavy atom. The summed E-state index contributed by atoms with van der Waals surface area (Å²) < 4.78 is 13.2. The van der Waals surface area contributed by atoms with E-state index >= 15 is 0 Å². The van der Waals surface area contributed by atoms with Crippen LogP contribution in [0.3, 0.4) is 0 Å². The minimum absolute atomic E-state index is 0.0932. The van der Waals surface area contributed by atoms with Crippen molar-refractivity contribution in [3.05, 3.63) is 35.1 Å². The molecule has 1 fully saturated rings. The molecule has 1 aromatic carbocycles. The van der Waals surface area contributed by atoms with Crippen LogP contribution >= 0.6 is 0 Å². The van der Waals surface area contributed by atoms with E-state index in [1.807, 2.05) is 19.1 Å². The summed E-state index contributed by atoms with van der Waals surface area (Å²) in [7, 11) is 0. The van der Waals surface area contributed by atoms with Gasteiger partial charge in [0.05, 0.1) is 0 Å². The first-order valence-electron chi connectivity index (χ1n) is 6.66. The first-order chi connectivity index (χ1) is 8.17. The fourth-order valence-electron chi connectivity index (χ4n) is 3.06. The highest BCUT2D eigenvalue weighted by Gasteiger charge is 2.39. The topological polar surface area (TPSA) is 12.0 Å². The summed E-state index contributed by atoms with van der Waals surface area (Å²) in [5.41, 5.74) is 2.08. The van der Waals surface area contributed by atoms with Crippen molar-refractivity contribution in [1.29, 1.82) is 0 Å². The van der Waals surface area contributed by atoms with Gasteiger partial charge in [0.25, 0.3) is 0 Å². The summed E-state index contributed by atoms with van der Waals surface area (Å²) in [6.45, 7) is 7.29. The number of halogens is 1. The molecule has 2 rings (SSSR count). The smallest absolute Gasteiger partial charge is 0.126 e. The van der Waals surface area contributed by atoms with Gasteiger partial charge in [-0.2, -0.15) is 0 Å². The van der Waals surface area contributed by atoms with E-state index in [1.54, 1.807) is 6.07 Å². The lowest BCUT2D eigenvalue weighted by atomic mass is 9.65. The summed E-state index contributed by atoms with van der Waals surface area (Å²) >= 11 is 0. The van der Waals surface area contributed by atoms with E-state index in [-0.39, 0.29) is 5.82 Å². The standard InChI is InChI=1S/C15H22FN/c1-4-12-13(9-15(12)17-5-2)11-6-7-14(16)10(3)8-11/h6-8,12-13,15,17H,4-5,9H2,1-3H3. The Hall–Kier alpha value is -0.890. The molecule has 1 N–H and O–H groups in total. The Morgan fingerprint density at radius 2 is 2.12 bits per heavy atom. The molecule has 94 valence electrons. The highest BCUT2D eigenvalue weighted by Crippen LogP contribution is 2.44. The molecular weight excluding hydrogens is 213 g/mol. The van der Waals surface area contributed by atoms with Crippen LogP contribution in [0.2, 0.25) is 0 Å². The molecule has 0 bridgehead atoms. The molecule has 17 heavy (non-hydrogen) atoms. The number of nitrogens with one attached hydrogen (secondary N) is 1. The van der Waals surface area contributed by atoms with Gasteiger partial charge in [-0.1, -0.05) is 32.4 Å². The summed E-state index contributed by atoms with van der Waals surface area (Å²) in [5.74, 6) is 1.23. The summed E-state index contributed by atoms with van der Waals surface area (Å²) in [4.78, 5) is 0. The fraction of sp³-hybridized carbons (Fsp3) is 0.600. The molecule has 0 heterocycles. The van der Waals surface area contributed by atoms with Crippen molar-refractivity contribution in [2.75, 3.05) is 6.54 Å². The van der Waals surface area contributed by atoms with Crippen molar-refractivity contribution in [1.82, 2.24) is 5.32 Å². The molecule has 0 amide bonds. The largest absolute Gasteiger partial charge is 0.314 e. The van der Waals surface area contributed by atoms with Crippen LogP contribution in [0.4, 0.5) is 4.39 Å². The lowest BCUT2D eigenvalue weighted by Gasteiger charge is -2.45. The quantitative estimate of drug-likeness (QED) is 0.840. The lowest BCUT2D eigenvalue weighted by molar-refractivity contribution is 0.162. The molecule has 1 saturated carbocycles. The number of aryl methyl sites for hydroxylation is 1. The molecule has 0 aromatic heterocycles. The van der Waals surface area contributed by atoms with Crippen LogP contribution in [0.5, 0.6) is 0 Å². The lowest BCUT2D eigenvalue weighted by Crippen LogP contribution is -2.48. The van der Waals surface area contributed by atoms with Crippen molar-refractivity contribution in [2.24, 2.45) is 5.92 Å². The number of benzene rings is 1. The van der Waals surface area contributed by atoms with Gasteiger partial charge in [-0.3, -0.25) is 0 Å². The number of hydrogen-bond acceptors (Lipinski definition) is 1. The first kappa shape index (κ1) is 12.6. The van der Waals surface area contributed by atoms with E-state index < -0.39 is 0 Å². The molecule has 0 spiro atoms. The molecule has 0 radical (unpaired) electrons. The van der Waals surface area contributed by atoms with Crippen molar-refractivity contribution in [2.45, 2.75) is 45.6 Å². The second-order valence-electron chi connectivity index (χ2n) is 5.09. The molecule has 3 atom stereocenters. The van der Waals surface area contributed by atoms with Gasteiger partial charge in [0.15, 0.2) is 0 Å². The Kier molecular flexibility index (Phi) is 3.82. The maximum Gasteiger partial charge on any atom is 0.126 e. The van der Waals surface area contributed by atoms with Gasteiger partial charge >= 0.3 is 0 Å². The molecule has 1 aliphatic carbocycles. The highest BCUT2D eigenvalue weighted by atomic mass is 19.1. The molecule has 0 aliphatic heterocycles. The maximum absolute atomic E-state index is 13.2. The van der Waals surface area contributed by atoms with Gasteiger partial charge in [-0.05, 0) is 48.9 Å². The first-order valence-corrected chi connectivity index (χ1v) is 6.66. The molecule has 2 heteroatoms. The van der Waals surface area contributed by atoms with Crippen LogP contribution in [-0.2, 0) is 0 Å². The van der Waals surface area contributed by atoms with Crippen molar-refractivity contribution >= 4 is 0 Å². The summed E-state index contributed by atoms with van der Waals surface area (Å²) in [5, 5.41) is 3.53. The molecule has 1 aromatic rings. The monoisotopic (exact) mass is 235 g/mol. The Labute approximate surface area is 103 Å². The maximum atomic E-state index is 13.2. The normalized spacial score (nSPS) is 27.9. The van der Waals surface area contributed by atoms with Crippen LogP contribution in [0.25, 0.3) is 0 Å². The van der Waals surface area contributed by atoms with Gasteiger partial charge in [-0.15, -0.1) is 0 Å². The van der Waals surface area contributed by atoms with E-state index in [0.717, 1.165) is 12.1 Å². The van der Waals surface area contributed by atoms with Crippen LogP contribution in [0, 0.1) is 18.7 Å². The molecule has 1 nitrogen and oxygen atoms in total. The summed E-state index contributed by atoms with van der Waals surface area (Å²) in [6, 6.07) is 6.24. The Balaban J connectivity index is 2.10. The fourth-order valence-corrected chi connectivity index (χ4v) is 3.06. The van der Waals surface area contributed by atoms with Crippen molar-refractivity contribution in [3.8, 4) is 0 Å². The third-order valence-corrected chi connectivity index (χ3v) is 4.09. The van der Waals surface area contributed by atoms with Crippen LogP contribution in [0.15, 0.2) is 18.2 Å². The third-order valence-electron chi connectivity index (χ3n) is 4.09. The zero-order chi connectivity index (χ0) is 12.4. The minimum Gasteiger partial charge on any atom is -0.314 e. The minimum atomic E-state index is -0.0932. The van der Waals surface area contributed by atoms with Gasteiger partial charge in [-0.25, -0.2) is 4.39 Å². The SMILES string of the molecule is CCNC1CC(c2ccc(F)c(C)c2)C1CC. The zero-order valence-electron chi connectivity index (χ0n) is 11.0. The van der Waals surface area contributed by atoms with Crippen LogP contribution < -0.4 is 5.32 Å². The van der Waals surface area contributed by atoms with E-state index in [0.29, 0.717) is 17.9 Å². The number of hydrogen-bond donors (Lipinski definition) is 1. The zero-order valence-corrected chi connectivity index (χ0v) is 11.0. The predicted molar refractivity (Wildman–Crippen MR) is 69.7 cm³/mol. The molecule has 3 unspecified atom stereocenters. The second kappa shape index (κ2) is 5.18. The number of rotatable bonds is 4. The van der Waals surface area contributed by atoms with Gasteiger partial charge in [0.2, 0.25) is 0 Å². The van der Waals surface area contributed by atoms with Crippen LogP contribution in [0.1, 0.15) is 43.7 Å². The average Bonchev–Trinajstić information content (AvgIpc) is 2.28. The third kappa shape index (κ3) is 2.37. The van der Waals surface area contributed by atoms with Crippen LogP contribution in [-0.4, -0.2) is 12.6 Å². The van der Waals surface area contributed by atoms with E-state index in [9.17, 15) is 4.39 Å².